The highest BCUT2D eigenvalue weighted by molar-refractivity contribution is 6.09. The van der Waals surface area contributed by atoms with Gasteiger partial charge >= 0.3 is 5.97 Å². The number of Topliss-reactive ketones (excluding diaryl/α,β-unsaturated/α-hetero) is 1. The lowest BCUT2D eigenvalue weighted by Crippen LogP contribution is -2.38. The number of aliphatic imine (C=N–C) groups is 1. The Bertz CT molecular complexity index is 1310. The number of rotatable bonds is 8. The summed E-state index contributed by atoms with van der Waals surface area (Å²) in [6.07, 6.45) is 0.775. The lowest BCUT2D eigenvalue weighted by atomic mass is 9.69. The average molecular weight is 524 g/mol. The molecular formula is C29H33NO8. The molecule has 1 aliphatic heterocycles. The molecule has 0 saturated carbocycles. The molecule has 3 unspecified atom stereocenters. The molecule has 9 heteroatoms. The van der Waals surface area contributed by atoms with Gasteiger partial charge in [0.15, 0.2) is 28.8 Å². The van der Waals surface area contributed by atoms with Crippen LogP contribution < -0.4 is 23.7 Å². The molecule has 202 valence electrons. The summed E-state index contributed by atoms with van der Waals surface area (Å²) in [6, 6.07) is 9.22. The first-order valence-electron chi connectivity index (χ1n) is 12.2. The standard InChI is InChI=1S/C29H33NO8/c1-15-24(29(32)38-7)25(18-9-11-22(34-3)28(37-6)27(18)36-5)26-19(30-15)12-17(13-20(26)31)16-8-10-21(33-2)23(14-16)35-4/h8-11,14,17,24-25H,12-13H2,1-7H3. The van der Waals surface area contributed by atoms with Gasteiger partial charge in [-0.25, -0.2) is 0 Å². The van der Waals surface area contributed by atoms with E-state index in [0.717, 1.165) is 5.56 Å². The zero-order chi connectivity index (χ0) is 27.6. The predicted molar refractivity (Wildman–Crippen MR) is 141 cm³/mol. The van der Waals surface area contributed by atoms with E-state index in [0.29, 0.717) is 57.7 Å². The van der Waals surface area contributed by atoms with Gasteiger partial charge in [-0.15, -0.1) is 0 Å². The van der Waals surface area contributed by atoms with Gasteiger partial charge in [-0.3, -0.25) is 14.6 Å². The second-order valence-electron chi connectivity index (χ2n) is 9.16. The minimum absolute atomic E-state index is 0.0852. The van der Waals surface area contributed by atoms with Crippen LogP contribution in [0, 0.1) is 5.92 Å². The van der Waals surface area contributed by atoms with E-state index >= 15 is 0 Å². The fourth-order valence-corrected chi connectivity index (χ4v) is 5.54. The maximum atomic E-state index is 13.9. The van der Waals surface area contributed by atoms with Gasteiger partial charge in [0.2, 0.25) is 5.75 Å². The summed E-state index contributed by atoms with van der Waals surface area (Å²) in [5.74, 6) is 0.322. The van der Waals surface area contributed by atoms with Crippen molar-refractivity contribution in [2.24, 2.45) is 10.9 Å². The van der Waals surface area contributed by atoms with Gasteiger partial charge in [0.25, 0.3) is 0 Å². The summed E-state index contributed by atoms with van der Waals surface area (Å²) in [4.78, 5) is 31.7. The Kier molecular flexibility index (Phi) is 7.94. The molecule has 0 N–H and O–H groups in total. The lowest BCUT2D eigenvalue weighted by Gasteiger charge is -2.37. The Morgan fingerprint density at radius 2 is 1.47 bits per heavy atom. The highest BCUT2D eigenvalue weighted by atomic mass is 16.5. The number of methoxy groups -OCH3 is 6. The third-order valence-electron chi connectivity index (χ3n) is 7.29. The van der Waals surface area contributed by atoms with Crippen molar-refractivity contribution in [1.29, 1.82) is 0 Å². The van der Waals surface area contributed by atoms with Crippen molar-refractivity contribution in [2.75, 3.05) is 42.7 Å². The van der Waals surface area contributed by atoms with E-state index in [9.17, 15) is 9.59 Å². The number of benzene rings is 2. The van der Waals surface area contributed by atoms with Crippen molar-refractivity contribution in [2.45, 2.75) is 31.6 Å². The SMILES string of the molecule is COC(=O)C1C(C)=NC2=C(C(=O)CC(c3ccc(OC)c(OC)c3)C2)C1c1ccc(OC)c(OC)c1OC. The maximum Gasteiger partial charge on any atom is 0.315 e. The van der Waals surface area contributed by atoms with Crippen molar-refractivity contribution in [3.05, 3.63) is 52.7 Å². The number of carbonyl (C=O) groups excluding carboxylic acids is 2. The number of ether oxygens (including phenoxy) is 6. The van der Waals surface area contributed by atoms with E-state index in [-0.39, 0.29) is 18.1 Å². The molecule has 1 aliphatic carbocycles. The average Bonchev–Trinajstić information content (AvgIpc) is 2.94. The number of carbonyl (C=O) groups is 2. The third-order valence-corrected chi connectivity index (χ3v) is 7.29. The zero-order valence-electron chi connectivity index (χ0n) is 22.7. The van der Waals surface area contributed by atoms with Gasteiger partial charge in [-0.1, -0.05) is 12.1 Å². The number of ketones is 1. The molecule has 2 aromatic carbocycles. The molecule has 1 heterocycles. The van der Waals surface area contributed by atoms with Crippen LogP contribution in [-0.2, 0) is 14.3 Å². The van der Waals surface area contributed by atoms with Gasteiger partial charge < -0.3 is 28.4 Å². The van der Waals surface area contributed by atoms with Crippen molar-refractivity contribution in [3.8, 4) is 28.7 Å². The Morgan fingerprint density at radius 3 is 2.08 bits per heavy atom. The van der Waals surface area contributed by atoms with Gasteiger partial charge in [0, 0.05) is 34.9 Å². The molecule has 2 aromatic rings. The summed E-state index contributed by atoms with van der Waals surface area (Å²) in [6.45, 7) is 1.79. The van der Waals surface area contributed by atoms with Crippen LogP contribution in [0.5, 0.6) is 28.7 Å². The van der Waals surface area contributed by atoms with Crippen LogP contribution in [0.1, 0.15) is 42.7 Å². The van der Waals surface area contributed by atoms with Crippen LogP contribution in [0.3, 0.4) is 0 Å². The molecule has 4 rings (SSSR count). The molecule has 38 heavy (non-hydrogen) atoms. The molecule has 3 atom stereocenters. The maximum absolute atomic E-state index is 13.9. The Labute approximate surface area is 222 Å². The molecule has 9 nitrogen and oxygen atoms in total. The summed E-state index contributed by atoms with van der Waals surface area (Å²) >= 11 is 0. The van der Waals surface area contributed by atoms with E-state index in [1.807, 2.05) is 18.2 Å². The second-order valence-corrected chi connectivity index (χ2v) is 9.16. The van der Waals surface area contributed by atoms with E-state index < -0.39 is 17.8 Å². The van der Waals surface area contributed by atoms with Crippen LogP contribution >= 0.6 is 0 Å². The number of esters is 1. The molecule has 0 fully saturated rings. The molecule has 0 bridgehead atoms. The molecule has 0 spiro atoms. The van der Waals surface area contributed by atoms with Crippen LogP contribution in [0.25, 0.3) is 0 Å². The van der Waals surface area contributed by atoms with Crippen molar-refractivity contribution in [3.63, 3.8) is 0 Å². The van der Waals surface area contributed by atoms with E-state index in [2.05, 4.69) is 0 Å². The zero-order valence-corrected chi connectivity index (χ0v) is 22.7. The highest BCUT2D eigenvalue weighted by Gasteiger charge is 2.46. The van der Waals surface area contributed by atoms with Crippen LogP contribution in [-0.4, -0.2) is 60.1 Å². The predicted octanol–water partition coefficient (Wildman–Crippen LogP) is 4.48. The molecule has 0 radical (unpaired) electrons. The van der Waals surface area contributed by atoms with Crippen LogP contribution in [0.2, 0.25) is 0 Å². The summed E-state index contributed by atoms with van der Waals surface area (Å²) in [7, 11) is 9.06. The number of nitrogens with zero attached hydrogens (tertiary/aromatic N) is 1. The number of hydrogen-bond donors (Lipinski definition) is 0. The Hall–Kier alpha value is -4.01. The minimum Gasteiger partial charge on any atom is -0.493 e. The summed E-state index contributed by atoms with van der Waals surface area (Å²) < 4.78 is 32.8. The van der Waals surface area contributed by atoms with Crippen molar-refractivity contribution >= 4 is 17.5 Å². The largest absolute Gasteiger partial charge is 0.493 e. The fraction of sp³-hybridized carbons (Fsp3) is 0.414. The van der Waals surface area contributed by atoms with Crippen molar-refractivity contribution in [1.82, 2.24) is 0 Å². The first kappa shape index (κ1) is 27.0. The number of hydrogen-bond acceptors (Lipinski definition) is 9. The first-order valence-corrected chi connectivity index (χ1v) is 12.2. The fourth-order valence-electron chi connectivity index (χ4n) is 5.54. The van der Waals surface area contributed by atoms with Gasteiger partial charge in [-0.05, 0) is 43.0 Å². The topological polar surface area (TPSA) is 102 Å². The molecule has 0 saturated heterocycles. The van der Waals surface area contributed by atoms with Gasteiger partial charge in [-0.2, -0.15) is 0 Å². The monoisotopic (exact) mass is 523 g/mol. The molecular weight excluding hydrogens is 490 g/mol. The number of allylic oxidation sites excluding steroid dienone is 2. The first-order chi connectivity index (χ1) is 18.3. The summed E-state index contributed by atoms with van der Waals surface area (Å²) in [5, 5.41) is 0. The Morgan fingerprint density at radius 1 is 0.816 bits per heavy atom. The highest BCUT2D eigenvalue weighted by Crippen LogP contribution is 2.52. The van der Waals surface area contributed by atoms with Gasteiger partial charge in [0.1, 0.15) is 5.92 Å². The molecule has 2 aliphatic rings. The van der Waals surface area contributed by atoms with Crippen LogP contribution in [0.15, 0.2) is 46.6 Å². The quantitative estimate of drug-likeness (QED) is 0.467. The Balaban J connectivity index is 1.87. The second kappa shape index (κ2) is 11.2. The van der Waals surface area contributed by atoms with E-state index in [4.69, 9.17) is 33.4 Å². The normalized spacial score (nSPS) is 20.8. The van der Waals surface area contributed by atoms with Gasteiger partial charge in [0.05, 0.1) is 42.7 Å². The van der Waals surface area contributed by atoms with Crippen molar-refractivity contribution < 1.29 is 38.0 Å². The smallest absolute Gasteiger partial charge is 0.315 e. The van der Waals surface area contributed by atoms with E-state index in [1.165, 1.54) is 28.4 Å². The summed E-state index contributed by atoms with van der Waals surface area (Å²) in [5.41, 5.74) is 3.29. The molecule has 0 amide bonds. The third kappa shape index (κ3) is 4.57. The lowest BCUT2D eigenvalue weighted by molar-refractivity contribution is -0.143. The molecule has 0 aromatic heterocycles. The van der Waals surface area contributed by atoms with Crippen LogP contribution in [0.4, 0.5) is 0 Å². The minimum atomic E-state index is -0.799. The van der Waals surface area contributed by atoms with E-state index in [1.54, 1.807) is 33.3 Å².